The summed E-state index contributed by atoms with van der Waals surface area (Å²) in [5.41, 5.74) is 0.458. The number of unbranched alkanes of at least 4 members (excludes halogenated alkanes) is 12. The maximum atomic E-state index is 11.9. The Labute approximate surface area is 194 Å². The van der Waals surface area contributed by atoms with E-state index in [1.165, 1.54) is 77.0 Å². The van der Waals surface area contributed by atoms with Gasteiger partial charge in [-0.05, 0) is 44.2 Å². The normalized spacial score (nSPS) is 11.2. The second-order valence-corrected chi connectivity index (χ2v) is 8.73. The summed E-state index contributed by atoms with van der Waals surface area (Å²) in [5, 5.41) is 6.45. The Morgan fingerprint density at radius 1 is 0.800 bits per heavy atom. The van der Waals surface area contributed by atoms with Gasteiger partial charge in [-0.2, -0.15) is 0 Å². The van der Waals surface area contributed by atoms with E-state index in [-0.39, 0.29) is 6.03 Å². The molecule has 0 spiro atoms. The van der Waals surface area contributed by atoms with E-state index in [1.54, 1.807) is 18.2 Å². The zero-order valence-electron chi connectivity index (χ0n) is 18.7. The molecule has 1 aromatic rings. The first-order chi connectivity index (χ1) is 14.6. The number of rotatable bonds is 17. The van der Waals surface area contributed by atoms with E-state index < -0.39 is 0 Å². The smallest absolute Gasteiger partial charge is 0.319 e. The molecule has 170 valence electrons. The van der Waals surface area contributed by atoms with Gasteiger partial charge < -0.3 is 10.6 Å². The minimum atomic E-state index is -0.266. The molecule has 3 nitrogen and oxygen atoms in total. The van der Waals surface area contributed by atoms with Crippen LogP contribution in [0.3, 0.4) is 0 Å². The minimum Gasteiger partial charge on any atom is -0.338 e. The molecule has 1 aromatic carbocycles. The molecule has 0 fully saturated rings. The number of anilines is 1. The van der Waals surface area contributed by atoms with Crippen molar-refractivity contribution in [2.24, 2.45) is 0 Å². The summed E-state index contributed by atoms with van der Waals surface area (Å²) in [5.74, 6) is 0. The highest BCUT2D eigenvalue weighted by atomic mass is 35.5. The highest BCUT2D eigenvalue weighted by Crippen LogP contribution is 2.29. The van der Waals surface area contributed by atoms with E-state index in [9.17, 15) is 4.79 Å². The number of allylic oxidation sites excluding steroid dienone is 2. The van der Waals surface area contributed by atoms with Gasteiger partial charge in [-0.15, -0.1) is 0 Å². The number of benzene rings is 1. The van der Waals surface area contributed by atoms with Crippen molar-refractivity contribution in [3.63, 3.8) is 0 Å². The fourth-order valence-corrected chi connectivity index (χ4v) is 3.84. The van der Waals surface area contributed by atoms with Crippen molar-refractivity contribution in [1.82, 2.24) is 5.32 Å². The Balaban J connectivity index is 1.88. The van der Waals surface area contributed by atoms with Gasteiger partial charge in [0, 0.05) is 6.54 Å². The van der Waals surface area contributed by atoms with Crippen LogP contribution in [0.2, 0.25) is 10.0 Å². The van der Waals surface area contributed by atoms with Gasteiger partial charge in [0.15, 0.2) is 0 Å². The van der Waals surface area contributed by atoms with Crippen LogP contribution < -0.4 is 10.6 Å². The number of hydrogen-bond acceptors (Lipinski definition) is 1. The topological polar surface area (TPSA) is 41.1 Å². The first-order valence-corrected chi connectivity index (χ1v) is 12.5. The second kappa shape index (κ2) is 18.6. The van der Waals surface area contributed by atoms with E-state index >= 15 is 0 Å². The Kier molecular flexibility index (Phi) is 16.6. The average molecular weight is 456 g/mol. The molecule has 0 bridgehead atoms. The average Bonchev–Trinajstić information content (AvgIpc) is 2.73. The maximum absolute atomic E-state index is 11.9. The lowest BCUT2D eigenvalue weighted by atomic mass is 10.1. The van der Waals surface area contributed by atoms with E-state index in [2.05, 4.69) is 29.7 Å². The Hall–Kier alpha value is -1.19. The highest BCUT2D eigenvalue weighted by Gasteiger charge is 2.08. The van der Waals surface area contributed by atoms with Crippen molar-refractivity contribution in [2.75, 3.05) is 11.9 Å². The van der Waals surface area contributed by atoms with Crippen molar-refractivity contribution in [2.45, 2.75) is 96.8 Å². The van der Waals surface area contributed by atoms with Crippen LogP contribution in [0.25, 0.3) is 0 Å². The molecule has 5 heteroatoms. The first-order valence-electron chi connectivity index (χ1n) is 11.8. The number of carbonyl (C=O) groups is 1. The minimum absolute atomic E-state index is 0.266. The van der Waals surface area contributed by atoms with E-state index in [0.717, 1.165) is 12.8 Å². The van der Waals surface area contributed by atoms with Gasteiger partial charge in [-0.3, -0.25) is 0 Å². The van der Waals surface area contributed by atoms with Crippen LogP contribution in [-0.2, 0) is 0 Å². The summed E-state index contributed by atoms with van der Waals surface area (Å²) in [4.78, 5) is 11.9. The molecule has 0 saturated heterocycles. The Morgan fingerprint density at radius 3 is 1.87 bits per heavy atom. The molecule has 2 N–H and O–H groups in total. The van der Waals surface area contributed by atoms with Crippen molar-refractivity contribution >= 4 is 34.9 Å². The highest BCUT2D eigenvalue weighted by molar-refractivity contribution is 6.39. The van der Waals surface area contributed by atoms with Gasteiger partial charge >= 0.3 is 6.03 Å². The maximum Gasteiger partial charge on any atom is 0.319 e. The first kappa shape index (κ1) is 26.8. The molecule has 0 aliphatic rings. The van der Waals surface area contributed by atoms with E-state index in [1.807, 2.05) is 0 Å². The number of halogens is 2. The third-order valence-electron chi connectivity index (χ3n) is 5.18. The number of hydrogen-bond donors (Lipinski definition) is 2. The Bertz CT molecular complexity index is 585. The van der Waals surface area contributed by atoms with E-state index in [4.69, 9.17) is 23.2 Å². The molecule has 0 radical (unpaired) electrons. The molecule has 0 unspecified atom stereocenters. The van der Waals surface area contributed by atoms with Gasteiger partial charge in [0.1, 0.15) is 0 Å². The summed E-state index contributed by atoms with van der Waals surface area (Å²) < 4.78 is 0. The zero-order chi connectivity index (χ0) is 21.9. The van der Waals surface area contributed by atoms with Gasteiger partial charge in [0.2, 0.25) is 0 Å². The van der Waals surface area contributed by atoms with Crippen LogP contribution in [0.5, 0.6) is 0 Å². The van der Waals surface area contributed by atoms with Crippen molar-refractivity contribution < 1.29 is 4.79 Å². The SMILES string of the molecule is CCCCCCCC/C=C\CCCCCCCCNC(=O)Nc1c(Cl)cccc1Cl. The molecule has 0 aliphatic carbocycles. The van der Waals surface area contributed by atoms with Crippen LogP contribution in [0.15, 0.2) is 30.4 Å². The van der Waals surface area contributed by atoms with Crippen molar-refractivity contribution in [3.8, 4) is 0 Å². The Morgan fingerprint density at radius 2 is 1.30 bits per heavy atom. The summed E-state index contributed by atoms with van der Waals surface area (Å²) in [6.45, 7) is 2.93. The van der Waals surface area contributed by atoms with Crippen molar-refractivity contribution in [1.29, 1.82) is 0 Å². The lowest BCUT2D eigenvalue weighted by Gasteiger charge is -2.10. The molecule has 2 amide bonds. The molecular weight excluding hydrogens is 415 g/mol. The lowest BCUT2D eigenvalue weighted by Crippen LogP contribution is -2.29. The predicted octanol–water partition coefficient (Wildman–Crippen LogP) is 9.15. The van der Waals surface area contributed by atoms with Gasteiger partial charge in [0.05, 0.1) is 15.7 Å². The lowest BCUT2D eigenvalue weighted by molar-refractivity contribution is 0.252. The van der Waals surface area contributed by atoms with Crippen LogP contribution in [0, 0.1) is 0 Å². The zero-order valence-corrected chi connectivity index (χ0v) is 20.2. The molecule has 30 heavy (non-hydrogen) atoms. The number of para-hydroxylation sites is 1. The van der Waals surface area contributed by atoms with Crippen molar-refractivity contribution in [3.05, 3.63) is 40.4 Å². The molecular formula is C25H40Cl2N2O. The molecule has 1 rings (SSSR count). The largest absolute Gasteiger partial charge is 0.338 e. The number of carbonyl (C=O) groups excluding carboxylic acids is 1. The molecule has 0 heterocycles. The van der Waals surface area contributed by atoms with Crippen LogP contribution in [0.4, 0.5) is 10.5 Å². The fraction of sp³-hybridized carbons (Fsp3) is 0.640. The van der Waals surface area contributed by atoms with Gasteiger partial charge in [-0.25, -0.2) is 4.79 Å². The summed E-state index contributed by atoms with van der Waals surface area (Å²) >= 11 is 12.1. The summed E-state index contributed by atoms with van der Waals surface area (Å²) in [7, 11) is 0. The van der Waals surface area contributed by atoms with Crippen LogP contribution in [-0.4, -0.2) is 12.6 Å². The summed E-state index contributed by atoms with van der Waals surface area (Å²) in [6.07, 6.45) is 22.6. The number of nitrogens with one attached hydrogen (secondary N) is 2. The number of urea groups is 1. The van der Waals surface area contributed by atoms with Gasteiger partial charge in [-0.1, -0.05) is 106 Å². The van der Waals surface area contributed by atoms with Gasteiger partial charge in [0.25, 0.3) is 0 Å². The number of amides is 2. The monoisotopic (exact) mass is 454 g/mol. The second-order valence-electron chi connectivity index (χ2n) is 7.92. The molecule has 0 atom stereocenters. The molecule has 0 aliphatic heterocycles. The molecule has 0 saturated carbocycles. The van der Waals surface area contributed by atoms with Crippen LogP contribution in [0.1, 0.15) is 96.8 Å². The third-order valence-corrected chi connectivity index (χ3v) is 5.81. The fourth-order valence-electron chi connectivity index (χ4n) is 3.35. The third kappa shape index (κ3) is 13.9. The van der Waals surface area contributed by atoms with Crippen LogP contribution >= 0.6 is 23.2 Å². The summed E-state index contributed by atoms with van der Waals surface area (Å²) in [6, 6.07) is 4.89. The predicted molar refractivity (Wildman–Crippen MR) is 133 cm³/mol. The molecule has 0 aromatic heterocycles. The standard InChI is InChI=1S/C25H40Cl2N2O/c1-2-3-4-5-6-7-8-9-10-11-12-13-14-15-16-17-21-28-25(30)29-24-22(26)19-18-20-23(24)27/h9-10,18-20H,2-8,11-17,21H2,1H3,(H2,28,29,30)/b10-9-. The quantitative estimate of drug-likeness (QED) is 0.178. The van der Waals surface area contributed by atoms with E-state index in [0.29, 0.717) is 22.3 Å².